The van der Waals surface area contributed by atoms with E-state index in [1.165, 1.54) is 0 Å². The minimum atomic E-state index is -0.126. The molecule has 0 unspecified atom stereocenters. The van der Waals surface area contributed by atoms with Crippen molar-refractivity contribution in [3.63, 3.8) is 0 Å². The van der Waals surface area contributed by atoms with Gasteiger partial charge in [-0.1, -0.05) is 18.2 Å². The molecule has 1 saturated heterocycles. The lowest BCUT2D eigenvalue weighted by Gasteiger charge is -2.25. The molecule has 2 aliphatic rings. The van der Waals surface area contributed by atoms with E-state index in [1.807, 2.05) is 24.3 Å². The Morgan fingerprint density at radius 3 is 2.95 bits per heavy atom. The highest BCUT2D eigenvalue weighted by Gasteiger charge is 2.28. The van der Waals surface area contributed by atoms with Gasteiger partial charge in [-0.15, -0.1) is 0 Å². The van der Waals surface area contributed by atoms with Gasteiger partial charge in [0.25, 0.3) is 0 Å². The highest BCUT2D eigenvalue weighted by Crippen LogP contribution is 2.31. The van der Waals surface area contributed by atoms with E-state index in [0.29, 0.717) is 26.0 Å². The molecule has 21 heavy (non-hydrogen) atoms. The molecule has 0 bridgehead atoms. The van der Waals surface area contributed by atoms with Crippen LogP contribution < -0.4 is 15.4 Å². The van der Waals surface area contributed by atoms with Gasteiger partial charge in [0, 0.05) is 18.5 Å². The zero-order chi connectivity index (χ0) is 14.7. The topological polar surface area (TPSA) is 67.4 Å². The first-order valence-corrected chi connectivity index (χ1v) is 7.53. The molecule has 1 aromatic rings. The highest BCUT2D eigenvalue weighted by molar-refractivity contribution is 5.84. The van der Waals surface area contributed by atoms with Gasteiger partial charge in [-0.2, -0.15) is 0 Å². The molecule has 2 amide bonds. The molecule has 2 N–H and O–H groups in total. The summed E-state index contributed by atoms with van der Waals surface area (Å²) < 4.78 is 5.71. The Kier molecular flexibility index (Phi) is 4.08. The quantitative estimate of drug-likeness (QED) is 0.867. The standard InChI is InChI=1S/C16H20N2O3/c19-15-8-7-11(10-17-15)16(20)18-13-5-3-9-21-14-6-2-1-4-12(13)14/h1-2,4,6,11,13H,3,5,7-10H2,(H,17,19)(H,18,20)/t11-,13+/m0/s1. The maximum absolute atomic E-state index is 12.4. The summed E-state index contributed by atoms with van der Waals surface area (Å²) in [5.74, 6) is 0.792. The third-order valence-corrected chi connectivity index (χ3v) is 4.14. The highest BCUT2D eigenvalue weighted by atomic mass is 16.5. The molecule has 1 aromatic carbocycles. The van der Waals surface area contributed by atoms with E-state index in [2.05, 4.69) is 10.6 Å². The number of carbonyl (C=O) groups excluding carboxylic acids is 2. The fourth-order valence-electron chi connectivity index (χ4n) is 2.92. The maximum Gasteiger partial charge on any atom is 0.225 e. The lowest BCUT2D eigenvalue weighted by atomic mass is 9.96. The summed E-state index contributed by atoms with van der Waals surface area (Å²) in [5.41, 5.74) is 1.04. The summed E-state index contributed by atoms with van der Waals surface area (Å²) in [7, 11) is 0. The van der Waals surface area contributed by atoms with Crippen LogP contribution in [0.2, 0.25) is 0 Å². The Labute approximate surface area is 124 Å². The molecule has 0 aliphatic carbocycles. The number of hydrogen-bond acceptors (Lipinski definition) is 3. The summed E-state index contributed by atoms with van der Waals surface area (Å²) in [6.07, 6.45) is 2.86. The van der Waals surface area contributed by atoms with E-state index in [1.54, 1.807) is 0 Å². The van der Waals surface area contributed by atoms with Crippen LogP contribution in [0.15, 0.2) is 24.3 Å². The predicted molar refractivity (Wildman–Crippen MR) is 77.8 cm³/mol. The van der Waals surface area contributed by atoms with Crippen LogP contribution in [0.5, 0.6) is 5.75 Å². The van der Waals surface area contributed by atoms with E-state index < -0.39 is 0 Å². The fourth-order valence-corrected chi connectivity index (χ4v) is 2.92. The first-order valence-electron chi connectivity index (χ1n) is 7.53. The normalized spacial score (nSPS) is 25.0. The number of carbonyl (C=O) groups is 2. The van der Waals surface area contributed by atoms with Gasteiger partial charge >= 0.3 is 0 Å². The monoisotopic (exact) mass is 288 g/mol. The Morgan fingerprint density at radius 1 is 1.29 bits per heavy atom. The number of fused-ring (bicyclic) bond motifs is 1. The average Bonchev–Trinajstić information content (AvgIpc) is 2.71. The molecule has 5 nitrogen and oxygen atoms in total. The number of amides is 2. The molecule has 112 valence electrons. The van der Waals surface area contributed by atoms with Gasteiger partial charge in [0.15, 0.2) is 0 Å². The van der Waals surface area contributed by atoms with E-state index in [4.69, 9.17) is 4.74 Å². The van der Waals surface area contributed by atoms with Crippen molar-refractivity contribution in [2.45, 2.75) is 31.7 Å². The second kappa shape index (κ2) is 6.16. The minimum Gasteiger partial charge on any atom is -0.493 e. The van der Waals surface area contributed by atoms with Crippen LogP contribution in [0.1, 0.15) is 37.3 Å². The summed E-state index contributed by atoms with van der Waals surface area (Å²) in [6, 6.07) is 7.86. The molecule has 0 spiro atoms. The van der Waals surface area contributed by atoms with Crippen LogP contribution in [0.25, 0.3) is 0 Å². The molecule has 3 rings (SSSR count). The second-order valence-corrected chi connectivity index (χ2v) is 5.63. The van der Waals surface area contributed by atoms with Gasteiger partial charge in [-0.05, 0) is 25.3 Å². The first-order chi connectivity index (χ1) is 10.2. The minimum absolute atomic E-state index is 0.00571. The van der Waals surface area contributed by atoms with E-state index in [9.17, 15) is 9.59 Å². The molecule has 1 fully saturated rings. The molecule has 2 aliphatic heterocycles. The van der Waals surface area contributed by atoms with Crippen molar-refractivity contribution in [1.82, 2.24) is 10.6 Å². The van der Waals surface area contributed by atoms with Crippen molar-refractivity contribution in [1.29, 1.82) is 0 Å². The zero-order valence-corrected chi connectivity index (χ0v) is 11.9. The van der Waals surface area contributed by atoms with Crippen molar-refractivity contribution in [2.24, 2.45) is 5.92 Å². The molecular formula is C16H20N2O3. The van der Waals surface area contributed by atoms with Crippen LogP contribution in [0, 0.1) is 5.92 Å². The summed E-state index contributed by atoms with van der Waals surface area (Å²) in [6.45, 7) is 1.12. The average molecular weight is 288 g/mol. The van der Waals surface area contributed by atoms with Crippen LogP contribution in [0.3, 0.4) is 0 Å². The molecule has 0 saturated carbocycles. The van der Waals surface area contributed by atoms with Crippen LogP contribution in [-0.4, -0.2) is 25.0 Å². The number of piperidine rings is 1. The number of rotatable bonds is 2. The Hall–Kier alpha value is -2.04. The smallest absolute Gasteiger partial charge is 0.225 e. The number of nitrogens with one attached hydrogen (secondary N) is 2. The number of para-hydroxylation sites is 1. The van der Waals surface area contributed by atoms with Crippen molar-refractivity contribution >= 4 is 11.8 Å². The van der Waals surface area contributed by atoms with Gasteiger partial charge in [0.2, 0.25) is 11.8 Å². The Balaban J connectivity index is 1.69. The SMILES string of the molecule is O=C1CC[C@H](C(=O)N[C@@H]2CCCOc3ccccc32)CN1. The number of ether oxygens (including phenoxy) is 1. The zero-order valence-electron chi connectivity index (χ0n) is 11.9. The van der Waals surface area contributed by atoms with Crippen molar-refractivity contribution in [3.05, 3.63) is 29.8 Å². The summed E-state index contributed by atoms with van der Waals surface area (Å²) >= 11 is 0. The van der Waals surface area contributed by atoms with E-state index in [0.717, 1.165) is 24.2 Å². The van der Waals surface area contributed by atoms with Gasteiger partial charge in [-0.25, -0.2) is 0 Å². The second-order valence-electron chi connectivity index (χ2n) is 5.63. The fraction of sp³-hybridized carbons (Fsp3) is 0.500. The summed E-state index contributed by atoms with van der Waals surface area (Å²) in [5, 5.41) is 5.89. The predicted octanol–water partition coefficient (Wildman–Crippen LogP) is 1.54. The van der Waals surface area contributed by atoms with E-state index in [-0.39, 0.29) is 23.8 Å². The molecular weight excluding hydrogens is 268 g/mol. The van der Waals surface area contributed by atoms with Crippen molar-refractivity contribution < 1.29 is 14.3 Å². The van der Waals surface area contributed by atoms with Gasteiger partial charge in [-0.3, -0.25) is 9.59 Å². The van der Waals surface area contributed by atoms with E-state index >= 15 is 0 Å². The lowest BCUT2D eigenvalue weighted by molar-refractivity contribution is -0.129. The van der Waals surface area contributed by atoms with Crippen molar-refractivity contribution in [3.8, 4) is 5.75 Å². The number of benzene rings is 1. The third-order valence-electron chi connectivity index (χ3n) is 4.14. The van der Waals surface area contributed by atoms with Gasteiger partial charge < -0.3 is 15.4 Å². The third kappa shape index (κ3) is 3.17. The van der Waals surface area contributed by atoms with Gasteiger partial charge in [0.1, 0.15) is 5.75 Å². The lowest BCUT2D eigenvalue weighted by Crippen LogP contribution is -2.43. The van der Waals surface area contributed by atoms with Crippen LogP contribution in [0.4, 0.5) is 0 Å². The molecule has 2 atom stereocenters. The van der Waals surface area contributed by atoms with Crippen molar-refractivity contribution in [2.75, 3.05) is 13.2 Å². The molecule has 5 heteroatoms. The molecule has 2 heterocycles. The maximum atomic E-state index is 12.4. The largest absolute Gasteiger partial charge is 0.493 e. The van der Waals surface area contributed by atoms with Crippen LogP contribution >= 0.6 is 0 Å². The Bertz CT molecular complexity index is 534. The van der Waals surface area contributed by atoms with Crippen LogP contribution in [-0.2, 0) is 9.59 Å². The Morgan fingerprint density at radius 2 is 2.14 bits per heavy atom. The molecule has 0 aromatic heterocycles. The molecule has 0 radical (unpaired) electrons. The number of hydrogen-bond donors (Lipinski definition) is 2. The summed E-state index contributed by atoms with van der Waals surface area (Å²) in [4.78, 5) is 23.6. The van der Waals surface area contributed by atoms with Gasteiger partial charge in [0.05, 0.1) is 18.6 Å². The first kappa shape index (κ1) is 13.9.